The molecule has 0 spiro atoms. The summed E-state index contributed by atoms with van der Waals surface area (Å²) in [5.74, 6) is 1.43. The summed E-state index contributed by atoms with van der Waals surface area (Å²) >= 11 is 0. The van der Waals surface area contributed by atoms with Gasteiger partial charge in [0.15, 0.2) is 0 Å². The summed E-state index contributed by atoms with van der Waals surface area (Å²) < 4.78 is 10.7. The van der Waals surface area contributed by atoms with Crippen LogP contribution in [0.3, 0.4) is 0 Å². The van der Waals surface area contributed by atoms with Gasteiger partial charge < -0.3 is 14.8 Å². The maximum atomic E-state index is 12.9. The molecule has 1 saturated heterocycles. The van der Waals surface area contributed by atoms with Crippen molar-refractivity contribution in [2.75, 3.05) is 25.7 Å². The molecule has 0 unspecified atom stereocenters. The molecule has 25 heavy (non-hydrogen) atoms. The molecule has 1 heterocycles. The molecule has 1 fully saturated rings. The van der Waals surface area contributed by atoms with E-state index in [2.05, 4.69) is 19.2 Å². The van der Waals surface area contributed by atoms with Gasteiger partial charge in [-0.3, -0.25) is 14.5 Å². The Bertz CT molecular complexity index is 644. The number of carbonyl (C=O) groups is 2. The summed E-state index contributed by atoms with van der Waals surface area (Å²) in [7, 11) is 3.11. The first-order valence-electron chi connectivity index (χ1n) is 8.67. The van der Waals surface area contributed by atoms with Crippen molar-refractivity contribution in [3.8, 4) is 11.5 Å². The summed E-state index contributed by atoms with van der Waals surface area (Å²) in [5.41, 5.74) is -0.376. The molecular weight excluding hydrogens is 320 g/mol. The smallest absolute Gasteiger partial charge is 0.246 e. The highest BCUT2D eigenvalue weighted by atomic mass is 16.5. The van der Waals surface area contributed by atoms with E-state index in [1.54, 1.807) is 37.3 Å². The number of anilines is 1. The fourth-order valence-corrected chi connectivity index (χ4v) is 3.10. The number of amides is 2. The van der Waals surface area contributed by atoms with Crippen molar-refractivity contribution in [3.05, 3.63) is 18.2 Å². The van der Waals surface area contributed by atoms with E-state index in [1.165, 1.54) is 0 Å². The maximum absolute atomic E-state index is 12.9. The average molecular weight is 348 g/mol. The first kappa shape index (κ1) is 19.1. The van der Waals surface area contributed by atoms with Crippen LogP contribution >= 0.6 is 0 Å². The zero-order valence-electron chi connectivity index (χ0n) is 15.7. The van der Waals surface area contributed by atoms with Crippen molar-refractivity contribution in [2.24, 2.45) is 5.92 Å². The van der Waals surface area contributed by atoms with Gasteiger partial charge in [0, 0.05) is 19.0 Å². The van der Waals surface area contributed by atoms with E-state index in [9.17, 15) is 9.59 Å². The Morgan fingerprint density at radius 1 is 1.32 bits per heavy atom. The van der Waals surface area contributed by atoms with Gasteiger partial charge in [-0.1, -0.05) is 13.8 Å². The molecule has 0 bridgehead atoms. The van der Waals surface area contributed by atoms with E-state index in [4.69, 9.17) is 9.47 Å². The van der Waals surface area contributed by atoms with E-state index in [0.717, 1.165) is 6.42 Å². The fraction of sp³-hybridized carbons (Fsp3) is 0.579. The van der Waals surface area contributed by atoms with Gasteiger partial charge in [-0.25, -0.2) is 0 Å². The third kappa shape index (κ3) is 3.89. The molecule has 0 radical (unpaired) electrons. The zero-order valence-corrected chi connectivity index (χ0v) is 15.7. The molecule has 2 amide bonds. The lowest BCUT2D eigenvalue weighted by Gasteiger charge is -2.35. The number of ether oxygens (including phenoxy) is 2. The molecule has 6 nitrogen and oxygen atoms in total. The highest BCUT2D eigenvalue weighted by Crippen LogP contribution is 2.41. The van der Waals surface area contributed by atoms with Crippen LogP contribution in [0.15, 0.2) is 18.2 Å². The zero-order chi connectivity index (χ0) is 18.6. The Hall–Kier alpha value is -2.24. The first-order chi connectivity index (χ1) is 11.8. The summed E-state index contributed by atoms with van der Waals surface area (Å²) in [6.45, 7) is 6.63. The minimum absolute atomic E-state index is 0.0898. The average Bonchev–Trinajstić information content (AvgIpc) is 2.89. The van der Waals surface area contributed by atoms with E-state index in [-0.39, 0.29) is 11.8 Å². The fourth-order valence-electron chi connectivity index (χ4n) is 3.10. The Morgan fingerprint density at radius 2 is 2.04 bits per heavy atom. The Morgan fingerprint density at radius 3 is 2.64 bits per heavy atom. The lowest BCUT2D eigenvalue weighted by atomic mass is 9.96. The van der Waals surface area contributed by atoms with Crippen LogP contribution in [0.4, 0.5) is 5.69 Å². The molecular formula is C19H28N2O4. The molecule has 0 aromatic heterocycles. The predicted molar refractivity (Wildman–Crippen MR) is 97.1 cm³/mol. The van der Waals surface area contributed by atoms with Gasteiger partial charge in [-0.05, 0) is 37.8 Å². The number of carbonyl (C=O) groups excluding carboxylic acids is 2. The van der Waals surface area contributed by atoms with E-state index >= 15 is 0 Å². The Kier molecular flexibility index (Phi) is 5.93. The number of hydrogen-bond acceptors (Lipinski definition) is 4. The Balaban J connectivity index is 2.34. The molecule has 0 saturated carbocycles. The van der Waals surface area contributed by atoms with Crippen molar-refractivity contribution in [2.45, 2.75) is 45.6 Å². The normalized spacial score (nSPS) is 20.1. The number of nitrogens with one attached hydrogen (secondary N) is 1. The van der Waals surface area contributed by atoms with E-state index in [0.29, 0.717) is 42.5 Å². The van der Waals surface area contributed by atoms with Crippen molar-refractivity contribution < 1.29 is 19.1 Å². The molecule has 1 aliphatic heterocycles. The number of hydrogen-bond donors (Lipinski definition) is 1. The van der Waals surface area contributed by atoms with Crippen LogP contribution in [0.5, 0.6) is 11.5 Å². The standard InChI is InChI=1S/C19H28N2O4/c1-13(2)9-11-20-18(23)19(3)10-8-17(22)21(19)15-12-14(24-4)6-7-16(15)25-5/h6-7,12-13H,8-11H2,1-5H3,(H,20,23)/t19-/m0/s1. The number of nitrogens with zero attached hydrogens (tertiary/aromatic N) is 1. The molecule has 138 valence electrons. The predicted octanol–water partition coefficient (Wildman–Crippen LogP) is 2.75. The minimum Gasteiger partial charge on any atom is -0.497 e. The minimum atomic E-state index is -0.937. The topological polar surface area (TPSA) is 67.9 Å². The monoisotopic (exact) mass is 348 g/mol. The highest BCUT2D eigenvalue weighted by molar-refractivity contribution is 6.07. The van der Waals surface area contributed by atoms with Gasteiger partial charge in [0.25, 0.3) is 0 Å². The number of methoxy groups -OCH3 is 2. The van der Waals surface area contributed by atoms with Gasteiger partial charge in [-0.2, -0.15) is 0 Å². The summed E-state index contributed by atoms with van der Waals surface area (Å²) in [6.07, 6.45) is 1.70. The van der Waals surface area contributed by atoms with Gasteiger partial charge in [0.05, 0.1) is 19.9 Å². The van der Waals surface area contributed by atoms with Crippen molar-refractivity contribution in [1.82, 2.24) is 5.32 Å². The van der Waals surface area contributed by atoms with Crippen molar-refractivity contribution in [3.63, 3.8) is 0 Å². The third-order valence-corrected chi connectivity index (χ3v) is 4.69. The van der Waals surface area contributed by atoms with Crippen molar-refractivity contribution in [1.29, 1.82) is 0 Å². The van der Waals surface area contributed by atoms with Crippen LogP contribution in [0.1, 0.15) is 40.0 Å². The SMILES string of the molecule is COc1ccc(OC)c(N2C(=O)CC[C@@]2(C)C(=O)NCCC(C)C)c1. The molecule has 1 aliphatic rings. The van der Waals surface area contributed by atoms with Crippen LogP contribution < -0.4 is 19.7 Å². The van der Waals surface area contributed by atoms with Crippen LogP contribution in [0.25, 0.3) is 0 Å². The molecule has 0 aliphatic carbocycles. The van der Waals surface area contributed by atoms with Crippen LogP contribution in [-0.2, 0) is 9.59 Å². The van der Waals surface area contributed by atoms with E-state index in [1.807, 2.05) is 6.92 Å². The van der Waals surface area contributed by atoms with Crippen LogP contribution in [0, 0.1) is 5.92 Å². The van der Waals surface area contributed by atoms with Gasteiger partial charge in [-0.15, -0.1) is 0 Å². The highest BCUT2D eigenvalue weighted by Gasteiger charge is 2.49. The molecule has 1 atom stereocenters. The second kappa shape index (κ2) is 7.76. The third-order valence-electron chi connectivity index (χ3n) is 4.69. The van der Waals surface area contributed by atoms with Crippen LogP contribution in [0.2, 0.25) is 0 Å². The lowest BCUT2D eigenvalue weighted by molar-refractivity contribution is -0.127. The largest absolute Gasteiger partial charge is 0.497 e. The van der Waals surface area contributed by atoms with Gasteiger partial charge in [0.1, 0.15) is 17.0 Å². The summed E-state index contributed by atoms with van der Waals surface area (Å²) in [5, 5.41) is 2.98. The molecule has 2 rings (SSSR count). The second-order valence-corrected chi connectivity index (χ2v) is 6.98. The maximum Gasteiger partial charge on any atom is 0.246 e. The number of rotatable bonds is 7. The van der Waals surface area contributed by atoms with Gasteiger partial charge in [0.2, 0.25) is 11.8 Å². The second-order valence-electron chi connectivity index (χ2n) is 6.98. The quantitative estimate of drug-likeness (QED) is 0.823. The lowest BCUT2D eigenvalue weighted by Crippen LogP contribution is -2.55. The Labute approximate surface area is 149 Å². The molecule has 1 N–H and O–H groups in total. The number of benzene rings is 1. The molecule has 6 heteroatoms. The van der Waals surface area contributed by atoms with Crippen LogP contribution in [-0.4, -0.2) is 38.1 Å². The van der Waals surface area contributed by atoms with Gasteiger partial charge >= 0.3 is 0 Å². The molecule has 1 aromatic rings. The summed E-state index contributed by atoms with van der Waals surface area (Å²) in [6, 6.07) is 5.25. The molecule has 1 aromatic carbocycles. The first-order valence-corrected chi connectivity index (χ1v) is 8.67. The summed E-state index contributed by atoms with van der Waals surface area (Å²) in [4.78, 5) is 27.0. The van der Waals surface area contributed by atoms with E-state index < -0.39 is 5.54 Å². The van der Waals surface area contributed by atoms with Crippen molar-refractivity contribution >= 4 is 17.5 Å².